The van der Waals surface area contributed by atoms with E-state index in [0.29, 0.717) is 18.9 Å². The molecule has 0 saturated heterocycles. The van der Waals surface area contributed by atoms with Gasteiger partial charge in [0.05, 0.1) is 36.1 Å². The Bertz CT molecular complexity index is 1780. The number of rotatable bonds is 12. The first-order valence-electron chi connectivity index (χ1n) is 12.8. The van der Waals surface area contributed by atoms with Crippen LogP contribution in [-0.4, -0.2) is 50.0 Å². The molecule has 1 N–H and O–H groups in total. The number of ether oxygens (including phenoxy) is 3. The summed E-state index contributed by atoms with van der Waals surface area (Å²) < 4.78 is 129. The molecule has 0 aliphatic rings. The summed E-state index contributed by atoms with van der Waals surface area (Å²) in [6, 6.07) is 3.89. The number of anilines is 1. The Kier molecular flexibility index (Phi) is 9.45. The van der Waals surface area contributed by atoms with Crippen molar-refractivity contribution in [3.05, 3.63) is 65.4 Å². The average molecular weight is 664 g/mol. The largest absolute Gasteiger partial charge is 0.487 e. The molecule has 3 aromatic heterocycles. The number of hydrogen-bond acceptors (Lipinski definition) is 8. The molecule has 0 aliphatic heterocycles. The number of fused-ring (bicyclic) bond motifs is 1. The molecule has 44 heavy (non-hydrogen) atoms. The second-order valence-corrected chi connectivity index (χ2v) is 18.0. The highest BCUT2D eigenvalue weighted by atomic mass is 32.2. The molecule has 18 heteroatoms. The minimum absolute atomic E-state index is 0.145. The predicted molar refractivity (Wildman–Crippen MR) is 149 cm³/mol. The summed E-state index contributed by atoms with van der Waals surface area (Å²) in [5.74, 6) is -4.29. The minimum atomic E-state index is -4.86. The number of nitrogens with zero attached hydrogens (tertiary/aromatic N) is 4. The van der Waals surface area contributed by atoms with E-state index in [2.05, 4.69) is 34.7 Å². The van der Waals surface area contributed by atoms with Gasteiger partial charge >= 0.3 is 6.18 Å². The van der Waals surface area contributed by atoms with Gasteiger partial charge in [-0.3, -0.25) is 4.72 Å². The van der Waals surface area contributed by atoms with Crippen LogP contribution in [0.4, 0.5) is 32.0 Å². The lowest BCUT2D eigenvalue weighted by atomic mass is 10.2. The molecule has 0 fully saturated rings. The molecule has 3 heterocycles. The topological polar surface area (TPSA) is 117 Å². The number of aromatic nitrogens is 4. The Balaban J connectivity index is 1.57. The fourth-order valence-electron chi connectivity index (χ4n) is 3.87. The molecule has 0 amide bonds. The van der Waals surface area contributed by atoms with Gasteiger partial charge in [-0.2, -0.15) is 18.3 Å². The van der Waals surface area contributed by atoms with E-state index >= 15 is 4.39 Å². The Hall–Kier alpha value is -3.90. The highest BCUT2D eigenvalue weighted by Crippen LogP contribution is 2.35. The summed E-state index contributed by atoms with van der Waals surface area (Å²) in [6.07, 6.45) is -3.09. The van der Waals surface area contributed by atoms with Crippen LogP contribution >= 0.6 is 0 Å². The van der Waals surface area contributed by atoms with Crippen molar-refractivity contribution in [3.63, 3.8) is 0 Å². The van der Waals surface area contributed by atoms with Crippen LogP contribution in [0.15, 0.2) is 41.6 Å². The van der Waals surface area contributed by atoms with E-state index in [-0.39, 0.29) is 18.1 Å². The lowest BCUT2D eigenvalue weighted by Gasteiger charge is -2.15. The zero-order valence-corrected chi connectivity index (χ0v) is 25.6. The molecule has 0 saturated carbocycles. The van der Waals surface area contributed by atoms with E-state index in [1.165, 1.54) is 0 Å². The maximum absolute atomic E-state index is 15.3. The van der Waals surface area contributed by atoms with Crippen LogP contribution in [0.25, 0.3) is 11.0 Å². The molecule has 10 nitrogen and oxygen atoms in total. The fraction of sp³-hybridized carbons (Fsp3) is 0.346. The van der Waals surface area contributed by atoms with Crippen LogP contribution in [0.1, 0.15) is 11.3 Å². The lowest BCUT2D eigenvalue weighted by Crippen LogP contribution is -2.22. The van der Waals surface area contributed by atoms with Crippen LogP contribution in [0.3, 0.4) is 0 Å². The highest BCUT2D eigenvalue weighted by Gasteiger charge is 2.37. The van der Waals surface area contributed by atoms with Crippen LogP contribution in [0, 0.1) is 17.5 Å². The van der Waals surface area contributed by atoms with Gasteiger partial charge in [-0.15, -0.1) is 0 Å². The summed E-state index contributed by atoms with van der Waals surface area (Å²) in [5, 5.41) is 3.18. The van der Waals surface area contributed by atoms with Gasteiger partial charge < -0.3 is 14.2 Å². The zero-order valence-electron chi connectivity index (χ0n) is 23.8. The van der Waals surface area contributed by atoms with Crippen molar-refractivity contribution in [2.24, 2.45) is 0 Å². The van der Waals surface area contributed by atoms with Gasteiger partial charge in [0.1, 0.15) is 30.7 Å². The maximum atomic E-state index is 15.3. The quantitative estimate of drug-likeness (QED) is 0.112. The molecule has 4 rings (SSSR count). The number of alkyl halides is 3. The van der Waals surface area contributed by atoms with E-state index in [1.807, 2.05) is 4.72 Å². The van der Waals surface area contributed by atoms with Gasteiger partial charge in [-0.25, -0.2) is 36.2 Å². The van der Waals surface area contributed by atoms with Gasteiger partial charge in [0.2, 0.25) is 5.88 Å². The van der Waals surface area contributed by atoms with Gasteiger partial charge in [0.15, 0.2) is 22.1 Å². The standard InChI is InChI=1S/C26H27F6N5O5SSi/c1-40-25-21(9-15(27)11-34-25)43(38,39)36-20-6-5-19(28)18(22(20)29)13-42-16-10-17-23(26(30,31)32)35-37(24(17)33-12-16)14-41-7-8-44(2,3)4/h5-6,9-12,36H,7-8,13-14H2,1-4H3. The molecule has 1 aromatic carbocycles. The van der Waals surface area contributed by atoms with Crippen LogP contribution in [-0.2, 0) is 34.3 Å². The Morgan fingerprint density at radius 3 is 2.43 bits per heavy atom. The smallest absolute Gasteiger partial charge is 0.435 e. The Morgan fingerprint density at radius 2 is 1.77 bits per heavy atom. The number of nitrogens with one attached hydrogen (secondary N) is 1. The molecule has 238 valence electrons. The summed E-state index contributed by atoms with van der Waals surface area (Å²) in [7, 11) is -5.02. The van der Waals surface area contributed by atoms with E-state index in [4.69, 9.17) is 14.2 Å². The molecule has 0 aliphatic carbocycles. The summed E-state index contributed by atoms with van der Waals surface area (Å²) >= 11 is 0. The minimum Gasteiger partial charge on any atom is -0.487 e. The van der Waals surface area contributed by atoms with Crippen LogP contribution < -0.4 is 14.2 Å². The maximum Gasteiger partial charge on any atom is 0.435 e. The van der Waals surface area contributed by atoms with E-state index in [0.717, 1.165) is 42.2 Å². The first-order chi connectivity index (χ1) is 20.5. The van der Waals surface area contributed by atoms with Crippen molar-refractivity contribution >= 4 is 34.8 Å². The fourth-order valence-corrected chi connectivity index (χ4v) is 5.81. The van der Waals surface area contributed by atoms with E-state index < -0.39 is 81.4 Å². The summed E-state index contributed by atoms with van der Waals surface area (Å²) in [4.78, 5) is 6.77. The second-order valence-electron chi connectivity index (χ2n) is 10.7. The summed E-state index contributed by atoms with van der Waals surface area (Å²) in [6.45, 7) is 5.57. The highest BCUT2D eigenvalue weighted by molar-refractivity contribution is 7.92. The van der Waals surface area contributed by atoms with Gasteiger partial charge in [-0.05, 0) is 24.2 Å². The van der Waals surface area contributed by atoms with Crippen molar-refractivity contribution < 1.29 is 49.0 Å². The normalized spacial score (nSPS) is 12.5. The third-order valence-corrected chi connectivity index (χ3v) is 9.19. The number of methoxy groups -OCH3 is 1. The first-order valence-corrected chi connectivity index (χ1v) is 18.0. The summed E-state index contributed by atoms with van der Waals surface area (Å²) in [5.41, 5.74) is -2.87. The van der Waals surface area contributed by atoms with Gasteiger partial charge in [0, 0.05) is 20.7 Å². The Morgan fingerprint density at radius 1 is 1.05 bits per heavy atom. The third kappa shape index (κ3) is 7.59. The number of hydrogen-bond donors (Lipinski definition) is 1. The molecular weight excluding hydrogens is 636 g/mol. The first kappa shape index (κ1) is 33.0. The van der Waals surface area contributed by atoms with E-state index in [9.17, 15) is 30.4 Å². The zero-order chi connectivity index (χ0) is 32.4. The number of pyridine rings is 2. The van der Waals surface area contributed by atoms with Crippen molar-refractivity contribution in [1.29, 1.82) is 0 Å². The monoisotopic (exact) mass is 663 g/mol. The Labute approximate surface area is 249 Å². The second kappa shape index (κ2) is 12.6. The van der Waals surface area contributed by atoms with Crippen LogP contribution in [0.2, 0.25) is 25.7 Å². The SMILES string of the molecule is COc1ncc(F)cc1S(=O)(=O)Nc1ccc(F)c(COc2cnc3c(c2)c(C(F)(F)F)nn3COCC[Si](C)(C)C)c1F. The molecule has 0 unspecified atom stereocenters. The van der Waals surface area contributed by atoms with Crippen molar-refractivity contribution in [3.8, 4) is 11.6 Å². The molecule has 4 aromatic rings. The molecule has 0 spiro atoms. The van der Waals surface area contributed by atoms with Crippen LogP contribution in [0.5, 0.6) is 11.6 Å². The average Bonchev–Trinajstić information content (AvgIpc) is 3.30. The van der Waals surface area contributed by atoms with Crippen molar-refractivity contribution in [2.45, 2.75) is 50.1 Å². The van der Waals surface area contributed by atoms with Gasteiger partial charge in [-0.1, -0.05) is 19.6 Å². The number of halogens is 6. The van der Waals surface area contributed by atoms with Crippen molar-refractivity contribution in [2.75, 3.05) is 18.4 Å². The molecule has 0 radical (unpaired) electrons. The van der Waals surface area contributed by atoms with Gasteiger partial charge in [0.25, 0.3) is 10.0 Å². The number of benzene rings is 1. The predicted octanol–water partition coefficient (Wildman–Crippen LogP) is 5.96. The van der Waals surface area contributed by atoms with Crippen molar-refractivity contribution in [1.82, 2.24) is 19.7 Å². The molecular formula is C26H27F6N5O5SSi. The molecule has 0 bridgehead atoms. The lowest BCUT2D eigenvalue weighted by molar-refractivity contribution is -0.140. The number of sulfonamides is 1. The molecule has 0 atom stereocenters. The van der Waals surface area contributed by atoms with E-state index in [1.54, 1.807) is 0 Å². The third-order valence-electron chi connectivity index (χ3n) is 6.12.